The van der Waals surface area contributed by atoms with Crippen molar-refractivity contribution in [1.29, 1.82) is 0 Å². The molecule has 1 heterocycles. The van der Waals surface area contributed by atoms with E-state index >= 15 is 0 Å². The van der Waals surface area contributed by atoms with Gasteiger partial charge in [0.15, 0.2) is 0 Å². The zero-order valence-electron chi connectivity index (χ0n) is 10.5. The van der Waals surface area contributed by atoms with Crippen molar-refractivity contribution in [3.05, 3.63) is 0 Å². The highest BCUT2D eigenvalue weighted by molar-refractivity contribution is 5.40. The maximum Gasteiger partial charge on any atom is 0.256 e. The van der Waals surface area contributed by atoms with Crippen molar-refractivity contribution >= 4 is 17.8 Å². The molecule has 0 amide bonds. The van der Waals surface area contributed by atoms with Crippen LogP contribution in [0.3, 0.4) is 0 Å². The first kappa shape index (κ1) is 13.4. The molecule has 8 nitrogen and oxygen atoms in total. The molecule has 8 heteroatoms. The lowest BCUT2D eigenvalue weighted by molar-refractivity contribution is 0.159. The first-order chi connectivity index (χ1) is 8.15. The van der Waals surface area contributed by atoms with E-state index in [9.17, 15) is 0 Å². The number of rotatable bonds is 6. The molecule has 0 aromatic carbocycles. The molecule has 0 unspecified atom stereocenters. The van der Waals surface area contributed by atoms with Gasteiger partial charge in [-0.25, -0.2) is 10.1 Å². The second-order valence-corrected chi connectivity index (χ2v) is 3.05. The van der Waals surface area contributed by atoms with Crippen LogP contribution < -0.4 is 15.9 Å². The summed E-state index contributed by atoms with van der Waals surface area (Å²) in [6, 6.07) is 0. The molecule has 0 radical (unpaired) electrons. The molecule has 0 spiro atoms. The van der Waals surface area contributed by atoms with E-state index in [4.69, 9.17) is 15.4 Å². The largest absolute Gasteiger partial charge is 0.368 e. The van der Waals surface area contributed by atoms with E-state index in [0.717, 1.165) is 0 Å². The Balaban J connectivity index is 3.08. The number of hydrogen-bond donors (Lipinski definition) is 1. The molecule has 17 heavy (non-hydrogen) atoms. The normalized spacial score (nSPS) is 10.4. The minimum Gasteiger partial charge on any atom is -0.368 e. The second kappa shape index (κ2) is 6.16. The molecule has 0 aliphatic heterocycles. The highest BCUT2D eigenvalue weighted by Crippen LogP contribution is 2.14. The van der Waals surface area contributed by atoms with Crippen LogP contribution in [0, 0.1) is 0 Å². The summed E-state index contributed by atoms with van der Waals surface area (Å²) in [6.07, 6.45) is 0. The summed E-state index contributed by atoms with van der Waals surface area (Å²) in [4.78, 5) is 22.4. The van der Waals surface area contributed by atoms with Gasteiger partial charge in [-0.3, -0.25) is 9.68 Å². The van der Waals surface area contributed by atoms with Crippen molar-refractivity contribution < 1.29 is 9.68 Å². The van der Waals surface area contributed by atoms with Gasteiger partial charge in [-0.1, -0.05) is 0 Å². The summed E-state index contributed by atoms with van der Waals surface area (Å²) in [5.41, 5.74) is 5.63. The lowest BCUT2D eigenvalue weighted by Crippen LogP contribution is -2.28. The number of hydrogen-bond acceptors (Lipinski definition) is 8. The van der Waals surface area contributed by atoms with Crippen molar-refractivity contribution in [3.8, 4) is 0 Å². The van der Waals surface area contributed by atoms with Crippen LogP contribution in [0.25, 0.3) is 0 Å². The minimum atomic E-state index is 0.121. The fraction of sp³-hybridized carbons (Fsp3) is 0.667. The molecule has 1 rings (SSSR count). The Morgan fingerprint density at radius 2 is 1.35 bits per heavy atom. The predicted molar refractivity (Wildman–Crippen MR) is 64.3 cm³/mol. The summed E-state index contributed by atoms with van der Waals surface area (Å²) in [7, 11) is 3.08. The molecular formula is C9H18N6O2. The van der Waals surface area contributed by atoms with Crippen LogP contribution in [-0.2, 0) is 9.68 Å². The first-order valence-corrected chi connectivity index (χ1v) is 5.31. The van der Waals surface area contributed by atoms with Crippen molar-refractivity contribution in [2.24, 2.45) is 0 Å². The number of anilines is 3. The van der Waals surface area contributed by atoms with E-state index in [2.05, 4.69) is 15.0 Å². The topological polar surface area (TPSA) is 89.6 Å². The Morgan fingerprint density at radius 1 is 0.941 bits per heavy atom. The molecule has 1 aromatic heterocycles. The van der Waals surface area contributed by atoms with E-state index in [-0.39, 0.29) is 5.95 Å². The van der Waals surface area contributed by atoms with Crippen LogP contribution in [0.15, 0.2) is 0 Å². The zero-order valence-corrected chi connectivity index (χ0v) is 10.5. The monoisotopic (exact) mass is 242 g/mol. The highest BCUT2D eigenvalue weighted by Gasteiger charge is 2.14. The third-order valence-electron chi connectivity index (χ3n) is 2.09. The number of nitrogens with zero attached hydrogens (tertiary/aromatic N) is 5. The first-order valence-electron chi connectivity index (χ1n) is 5.31. The van der Waals surface area contributed by atoms with Crippen molar-refractivity contribution in [3.63, 3.8) is 0 Å². The van der Waals surface area contributed by atoms with Crippen LogP contribution in [0.2, 0.25) is 0 Å². The summed E-state index contributed by atoms with van der Waals surface area (Å²) in [6.45, 7) is 5.02. The zero-order chi connectivity index (χ0) is 12.8. The van der Waals surface area contributed by atoms with Crippen LogP contribution in [0.5, 0.6) is 0 Å². The van der Waals surface area contributed by atoms with Crippen molar-refractivity contribution in [2.45, 2.75) is 13.8 Å². The van der Waals surface area contributed by atoms with Gasteiger partial charge in [0.25, 0.3) is 11.9 Å². The molecule has 0 bridgehead atoms. The standard InChI is InChI=1S/C9H18N6O2/c1-5-14(16-3)8-11-7(10)12-9(13-8)15(6-2)17-4/h5-6H2,1-4H3,(H2,10,11,12,13). The molecule has 0 fully saturated rings. The van der Waals surface area contributed by atoms with Gasteiger partial charge in [0.1, 0.15) is 0 Å². The van der Waals surface area contributed by atoms with E-state index < -0.39 is 0 Å². The molecule has 0 atom stereocenters. The van der Waals surface area contributed by atoms with Crippen LogP contribution in [-0.4, -0.2) is 42.3 Å². The van der Waals surface area contributed by atoms with Crippen LogP contribution in [0.4, 0.5) is 17.8 Å². The Bertz CT molecular complexity index is 323. The lowest BCUT2D eigenvalue weighted by atomic mass is 10.7. The summed E-state index contributed by atoms with van der Waals surface area (Å²) in [5.74, 6) is 0.831. The van der Waals surface area contributed by atoms with Crippen LogP contribution in [0.1, 0.15) is 13.8 Å². The summed E-state index contributed by atoms with van der Waals surface area (Å²) >= 11 is 0. The smallest absolute Gasteiger partial charge is 0.256 e. The Labute approximate surface area is 100 Å². The fourth-order valence-corrected chi connectivity index (χ4v) is 1.30. The quantitative estimate of drug-likeness (QED) is 0.709. The van der Waals surface area contributed by atoms with Gasteiger partial charge < -0.3 is 5.73 Å². The van der Waals surface area contributed by atoms with Crippen molar-refractivity contribution in [1.82, 2.24) is 15.0 Å². The second-order valence-electron chi connectivity index (χ2n) is 3.05. The Kier molecular flexibility index (Phi) is 4.85. The molecule has 96 valence electrons. The summed E-state index contributed by atoms with van der Waals surface area (Å²) in [5, 5.41) is 3.01. The fourth-order valence-electron chi connectivity index (χ4n) is 1.30. The van der Waals surface area contributed by atoms with Gasteiger partial charge in [-0.2, -0.15) is 15.0 Å². The van der Waals surface area contributed by atoms with Crippen molar-refractivity contribution in [2.75, 3.05) is 43.2 Å². The van der Waals surface area contributed by atoms with E-state index in [1.54, 1.807) is 0 Å². The molecule has 0 saturated heterocycles. The number of nitrogen functional groups attached to an aromatic ring is 1. The number of hydroxylamine groups is 2. The van der Waals surface area contributed by atoms with Gasteiger partial charge in [-0.15, -0.1) is 0 Å². The van der Waals surface area contributed by atoms with Gasteiger partial charge >= 0.3 is 0 Å². The van der Waals surface area contributed by atoms with Gasteiger partial charge in [0, 0.05) is 13.1 Å². The van der Waals surface area contributed by atoms with E-state index in [1.807, 2.05) is 13.8 Å². The van der Waals surface area contributed by atoms with E-state index in [1.165, 1.54) is 24.3 Å². The average molecular weight is 242 g/mol. The Morgan fingerprint density at radius 3 is 1.65 bits per heavy atom. The third-order valence-corrected chi connectivity index (χ3v) is 2.09. The van der Waals surface area contributed by atoms with E-state index in [0.29, 0.717) is 25.0 Å². The van der Waals surface area contributed by atoms with Gasteiger partial charge in [-0.05, 0) is 13.8 Å². The SMILES string of the molecule is CCN(OC)c1nc(N)nc(N(CC)OC)n1. The number of aromatic nitrogens is 3. The molecule has 2 N–H and O–H groups in total. The molecule has 0 aliphatic carbocycles. The lowest BCUT2D eigenvalue weighted by Gasteiger charge is -2.21. The summed E-state index contributed by atoms with van der Waals surface area (Å²) < 4.78 is 0. The molecular weight excluding hydrogens is 224 g/mol. The van der Waals surface area contributed by atoms with Gasteiger partial charge in [0.2, 0.25) is 5.95 Å². The highest BCUT2D eigenvalue weighted by atomic mass is 16.7. The predicted octanol–water partition coefficient (Wildman–Crippen LogP) is 0.229. The molecule has 0 aliphatic rings. The maximum atomic E-state index is 5.63. The minimum absolute atomic E-state index is 0.121. The number of nitrogens with two attached hydrogens (primary N) is 1. The van der Waals surface area contributed by atoms with Gasteiger partial charge in [0.05, 0.1) is 14.2 Å². The molecule has 1 aromatic rings. The Hall–Kier alpha value is -1.67. The van der Waals surface area contributed by atoms with Crippen LogP contribution >= 0.6 is 0 Å². The average Bonchev–Trinajstić information content (AvgIpc) is 2.31. The maximum absolute atomic E-state index is 5.63. The molecule has 0 saturated carbocycles. The third kappa shape index (κ3) is 3.14.